The van der Waals surface area contributed by atoms with Gasteiger partial charge < -0.3 is 9.47 Å². The molecular formula is C18H18N2O3. The van der Waals surface area contributed by atoms with Crippen LogP contribution in [-0.2, 0) is 20.1 Å². The number of hydrazine groups is 1. The Morgan fingerprint density at radius 3 is 2.35 bits per heavy atom. The zero-order valence-corrected chi connectivity index (χ0v) is 12.7. The van der Waals surface area contributed by atoms with Gasteiger partial charge >= 0.3 is 5.79 Å². The molecule has 3 N–H and O–H groups in total. The Kier molecular flexibility index (Phi) is 4.04. The molecule has 1 heterocycles. The van der Waals surface area contributed by atoms with Crippen molar-refractivity contribution in [1.29, 1.82) is 0 Å². The van der Waals surface area contributed by atoms with Crippen LogP contribution in [0.3, 0.4) is 0 Å². The van der Waals surface area contributed by atoms with Gasteiger partial charge in [-0.25, -0.2) is 5.84 Å². The van der Waals surface area contributed by atoms with Crippen LogP contribution >= 0.6 is 0 Å². The first-order valence-corrected chi connectivity index (χ1v) is 7.34. The quantitative estimate of drug-likeness (QED) is 0.517. The molecule has 5 heteroatoms. The highest BCUT2D eigenvalue weighted by Gasteiger charge is 2.40. The average molecular weight is 310 g/mol. The standard InChI is InChI=1S/C18H18N2O3/c1-13(17(21)20-19)14-6-5-9-16(12-14)18(22-10-11-23-18)15-7-3-2-4-8-15/h2-13H,19H2,1H3,(H,20,21). The van der Waals surface area contributed by atoms with Gasteiger partial charge in [0.2, 0.25) is 5.91 Å². The molecular weight excluding hydrogens is 292 g/mol. The van der Waals surface area contributed by atoms with Crippen molar-refractivity contribution in [3.63, 3.8) is 0 Å². The lowest BCUT2D eigenvalue weighted by Crippen LogP contribution is -2.34. The number of carbonyl (C=O) groups excluding carboxylic acids is 1. The molecule has 0 bridgehead atoms. The first kappa shape index (κ1) is 15.1. The van der Waals surface area contributed by atoms with Crippen molar-refractivity contribution in [3.05, 3.63) is 83.8 Å². The third kappa shape index (κ3) is 2.66. The fourth-order valence-corrected chi connectivity index (χ4v) is 2.66. The largest absolute Gasteiger partial charge is 0.449 e. The minimum atomic E-state index is -1.03. The first-order valence-electron chi connectivity index (χ1n) is 7.34. The normalized spacial score (nSPS) is 16.3. The lowest BCUT2D eigenvalue weighted by Gasteiger charge is -2.29. The summed E-state index contributed by atoms with van der Waals surface area (Å²) >= 11 is 0. The van der Waals surface area contributed by atoms with Gasteiger partial charge in [0.25, 0.3) is 0 Å². The number of hydrogen-bond donors (Lipinski definition) is 2. The third-order valence-electron chi connectivity index (χ3n) is 3.98. The van der Waals surface area contributed by atoms with Crippen LogP contribution in [0.5, 0.6) is 0 Å². The summed E-state index contributed by atoms with van der Waals surface area (Å²) in [5.74, 6) is 3.58. The first-order chi connectivity index (χ1) is 11.2. The van der Waals surface area contributed by atoms with Crippen molar-refractivity contribution in [3.8, 4) is 0 Å². The highest BCUT2D eigenvalue weighted by molar-refractivity contribution is 5.82. The second-order valence-corrected chi connectivity index (χ2v) is 5.35. The van der Waals surface area contributed by atoms with Crippen LogP contribution in [0.2, 0.25) is 0 Å². The third-order valence-corrected chi connectivity index (χ3v) is 3.98. The number of benzene rings is 2. The van der Waals surface area contributed by atoms with Crippen molar-refractivity contribution in [2.75, 3.05) is 0 Å². The van der Waals surface area contributed by atoms with Gasteiger partial charge in [-0.3, -0.25) is 10.2 Å². The van der Waals surface area contributed by atoms with Gasteiger partial charge in [0.1, 0.15) is 12.5 Å². The van der Waals surface area contributed by atoms with E-state index in [1.54, 1.807) is 6.92 Å². The van der Waals surface area contributed by atoms with Crippen LogP contribution in [0.15, 0.2) is 67.1 Å². The van der Waals surface area contributed by atoms with Crippen molar-refractivity contribution in [1.82, 2.24) is 5.43 Å². The van der Waals surface area contributed by atoms with Crippen molar-refractivity contribution < 1.29 is 14.3 Å². The van der Waals surface area contributed by atoms with Crippen LogP contribution in [0, 0.1) is 0 Å². The molecule has 0 saturated carbocycles. The van der Waals surface area contributed by atoms with E-state index in [0.717, 1.165) is 16.7 Å². The van der Waals surface area contributed by atoms with Crippen LogP contribution < -0.4 is 11.3 Å². The van der Waals surface area contributed by atoms with Gasteiger partial charge in [0, 0.05) is 11.1 Å². The van der Waals surface area contributed by atoms with Gasteiger partial charge in [0.15, 0.2) is 0 Å². The van der Waals surface area contributed by atoms with Gasteiger partial charge in [-0.15, -0.1) is 0 Å². The highest BCUT2D eigenvalue weighted by atomic mass is 16.7. The maximum Gasteiger partial charge on any atom is 0.304 e. The van der Waals surface area contributed by atoms with Crippen molar-refractivity contribution >= 4 is 5.91 Å². The number of carbonyl (C=O) groups is 1. The Morgan fingerprint density at radius 1 is 1.04 bits per heavy atom. The molecule has 3 rings (SSSR count). The predicted molar refractivity (Wildman–Crippen MR) is 85.7 cm³/mol. The fourth-order valence-electron chi connectivity index (χ4n) is 2.66. The maximum atomic E-state index is 11.8. The summed E-state index contributed by atoms with van der Waals surface area (Å²) in [6, 6.07) is 17.2. The second-order valence-electron chi connectivity index (χ2n) is 5.35. The minimum Gasteiger partial charge on any atom is -0.449 e. The number of amides is 1. The van der Waals surface area contributed by atoms with E-state index in [0.29, 0.717) is 0 Å². The molecule has 0 saturated heterocycles. The summed E-state index contributed by atoms with van der Waals surface area (Å²) in [5.41, 5.74) is 4.69. The Morgan fingerprint density at radius 2 is 1.70 bits per heavy atom. The predicted octanol–water partition coefficient (Wildman–Crippen LogP) is 2.50. The summed E-state index contributed by atoms with van der Waals surface area (Å²) in [7, 11) is 0. The van der Waals surface area contributed by atoms with E-state index >= 15 is 0 Å². The molecule has 2 aromatic rings. The molecule has 118 valence electrons. The molecule has 1 aliphatic rings. The van der Waals surface area contributed by atoms with Crippen molar-refractivity contribution in [2.24, 2.45) is 5.84 Å². The average Bonchev–Trinajstić information content (AvgIpc) is 3.12. The number of hydrogen-bond acceptors (Lipinski definition) is 4. The molecule has 2 aromatic carbocycles. The van der Waals surface area contributed by atoms with Crippen LogP contribution in [0.1, 0.15) is 29.5 Å². The monoisotopic (exact) mass is 310 g/mol. The lowest BCUT2D eigenvalue weighted by molar-refractivity contribution is -0.122. The van der Waals surface area contributed by atoms with Gasteiger partial charge in [-0.2, -0.15) is 0 Å². The van der Waals surface area contributed by atoms with E-state index in [1.807, 2.05) is 54.6 Å². The second kappa shape index (κ2) is 6.14. The maximum absolute atomic E-state index is 11.8. The molecule has 1 amide bonds. The van der Waals surface area contributed by atoms with E-state index in [9.17, 15) is 4.79 Å². The van der Waals surface area contributed by atoms with Gasteiger partial charge in [0.05, 0.1) is 5.92 Å². The summed E-state index contributed by atoms with van der Waals surface area (Å²) in [6.45, 7) is 1.80. The molecule has 1 aliphatic heterocycles. The van der Waals surface area contributed by atoms with E-state index in [2.05, 4.69) is 5.43 Å². The highest BCUT2D eigenvalue weighted by Crippen LogP contribution is 2.39. The molecule has 5 nitrogen and oxygen atoms in total. The minimum absolute atomic E-state index is 0.248. The molecule has 0 aromatic heterocycles. The topological polar surface area (TPSA) is 73.6 Å². The summed E-state index contributed by atoms with van der Waals surface area (Å²) < 4.78 is 11.6. The number of rotatable bonds is 4. The van der Waals surface area contributed by atoms with Crippen LogP contribution in [-0.4, -0.2) is 5.91 Å². The zero-order valence-electron chi connectivity index (χ0n) is 12.7. The summed E-state index contributed by atoms with van der Waals surface area (Å²) in [4.78, 5) is 11.8. The van der Waals surface area contributed by atoms with E-state index < -0.39 is 5.79 Å². The number of nitrogens with two attached hydrogens (primary N) is 1. The summed E-state index contributed by atoms with van der Waals surface area (Å²) in [6.07, 6.45) is 3.05. The van der Waals surface area contributed by atoms with Crippen molar-refractivity contribution in [2.45, 2.75) is 18.6 Å². The van der Waals surface area contributed by atoms with E-state index in [-0.39, 0.29) is 11.8 Å². The molecule has 0 spiro atoms. The Hall–Kier alpha value is -2.79. The molecule has 0 aliphatic carbocycles. The molecule has 0 fully saturated rings. The Bertz CT molecular complexity index is 720. The van der Waals surface area contributed by atoms with Crippen LogP contribution in [0.4, 0.5) is 0 Å². The number of ether oxygens (including phenoxy) is 2. The number of nitrogens with one attached hydrogen (secondary N) is 1. The van der Waals surface area contributed by atoms with E-state index in [1.165, 1.54) is 12.5 Å². The van der Waals surface area contributed by atoms with E-state index in [4.69, 9.17) is 15.3 Å². The lowest BCUT2D eigenvalue weighted by atomic mass is 9.92. The Balaban J connectivity index is 2.04. The van der Waals surface area contributed by atoms with Crippen LogP contribution in [0.25, 0.3) is 0 Å². The molecule has 1 unspecified atom stereocenters. The SMILES string of the molecule is CC(C(=O)NN)c1cccc(C2(c3ccccc3)OC=CO2)c1. The molecule has 0 radical (unpaired) electrons. The molecule has 1 atom stereocenters. The summed E-state index contributed by atoms with van der Waals surface area (Å²) in [5, 5.41) is 0. The zero-order chi connectivity index (χ0) is 16.3. The molecule has 23 heavy (non-hydrogen) atoms. The van der Waals surface area contributed by atoms with Gasteiger partial charge in [-0.1, -0.05) is 48.5 Å². The smallest absolute Gasteiger partial charge is 0.304 e. The van der Waals surface area contributed by atoms with Gasteiger partial charge in [-0.05, 0) is 18.6 Å². The fraction of sp³-hybridized carbons (Fsp3) is 0.167. The Labute approximate surface area is 134 Å².